The number of amides is 1. The van der Waals surface area contributed by atoms with Gasteiger partial charge in [0.2, 0.25) is 0 Å². The zero-order chi connectivity index (χ0) is 14.0. The van der Waals surface area contributed by atoms with E-state index in [0.29, 0.717) is 12.2 Å². The number of carbonyl (C=O) groups excluding carboxylic acids is 1. The molecule has 1 amide bonds. The SMILES string of the molecule is CC(C)(C)OC(=O)N/C(C=NC/C=C/CBr)=C/N. The van der Waals surface area contributed by atoms with Gasteiger partial charge in [-0.1, -0.05) is 28.1 Å². The van der Waals surface area contributed by atoms with E-state index in [1.54, 1.807) is 20.8 Å². The molecule has 0 spiro atoms. The van der Waals surface area contributed by atoms with Crippen LogP contribution in [0.2, 0.25) is 0 Å². The van der Waals surface area contributed by atoms with Crippen molar-refractivity contribution in [1.29, 1.82) is 0 Å². The molecule has 6 heteroatoms. The third-order valence-corrected chi connectivity index (χ3v) is 1.90. The van der Waals surface area contributed by atoms with Crippen molar-refractivity contribution in [2.45, 2.75) is 26.4 Å². The molecule has 18 heavy (non-hydrogen) atoms. The molecule has 0 aliphatic carbocycles. The van der Waals surface area contributed by atoms with Crippen molar-refractivity contribution in [3.63, 3.8) is 0 Å². The largest absolute Gasteiger partial charge is 0.444 e. The van der Waals surface area contributed by atoms with Crippen molar-refractivity contribution in [2.75, 3.05) is 11.9 Å². The molecule has 0 heterocycles. The first-order chi connectivity index (χ1) is 8.39. The van der Waals surface area contributed by atoms with Gasteiger partial charge >= 0.3 is 6.09 Å². The van der Waals surface area contributed by atoms with Gasteiger partial charge in [-0.2, -0.15) is 0 Å². The van der Waals surface area contributed by atoms with Gasteiger partial charge in [-0.15, -0.1) is 0 Å². The topological polar surface area (TPSA) is 76.7 Å². The van der Waals surface area contributed by atoms with Gasteiger partial charge in [0, 0.05) is 17.7 Å². The van der Waals surface area contributed by atoms with Gasteiger partial charge in [-0.25, -0.2) is 4.79 Å². The van der Waals surface area contributed by atoms with Gasteiger partial charge < -0.3 is 10.5 Å². The predicted octanol–water partition coefficient (Wildman–Crippen LogP) is 2.33. The monoisotopic (exact) mass is 317 g/mol. The van der Waals surface area contributed by atoms with Crippen molar-refractivity contribution in [3.05, 3.63) is 24.0 Å². The lowest BCUT2D eigenvalue weighted by Crippen LogP contribution is -2.32. The average molecular weight is 318 g/mol. The Hall–Kier alpha value is -1.30. The number of aliphatic imine (C=N–C) groups is 1. The number of halogens is 1. The first kappa shape index (κ1) is 16.7. The zero-order valence-corrected chi connectivity index (χ0v) is 12.5. The third kappa shape index (κ3) is 9.89. The molecule has 3 N–H and O–H groups in total. The van der Waals surface area contributed by atoms with Crippen LogP contribution in [0.25, 0.3) is 0 Å². The number of hydrogen-bond donors (Lipinski definition) is 2. The van der Waals surface area contributed by atoms with Crippen molar-refractivity contribution in [1.82, 2.24) is 5.32 Å². The number of alkyl carbamates (subject to hydrolysis) is 1. The molecule has 0 aliphatic rings. The first-order valence-corrected chi connectivity index (χ1v) is 6.64. The minimum Gasteiger partial charge on any atom is -0.444 e. The second-order valence-corrected chi connectivity index (χ2v) is 5.02. The molecule has 0 aromatic heterocycles. The fourth-order valence-electron chi connectivity index (χ4n) is 0.888. The molecule has 0 bridgehead atoms. The molecule has 0 fully saturated rings. The summed E-state index contributed by atoms with van der Waals surface area (Å²) in [4.78, 5) is 15.5. The average Bonchev–Trinajstić information content (AvgIpc) is 2.24. The molecule has 0 atom stereocenters. The summed E-state index contributed by atoms with van der Waals surface area (Å²) in [5.74, 6) is 0. The highest BCUT2D eigenvalue weighted by Gasteiger charge is 2.16. The Bertz CT molecular complexity index is 344. The van der Waals surface area contributed by atoms with E-state index in [0.717, 1.165) is 5.33 Å². The summed E-state index contributed by atoms with van der Waals surface area (Å²) in [6, 6.07) is 0. The number of hydrogen-bond acceptors (Lipinski definition) is 4. The van der Waals surface area contributed by atoms with E-state index < -0.39 is 11.7 Å². The smallest absolute Gasteiger partial charge is 0.412 e. The van der Waals surface area contributed by atoms with E-state index >= 15 is 0 Å². The predicted molar refractivity (Wildman–Crippen MR) is 77.9 cm³/mol. The van der Waals surface area contributed by atoms with E-state index in [1.165, 1.54) is 12.4 Å². The highest BCUT2D eigenvalue weighted by molar-refractivity contribution is 9.09. The molecule has 0 rings (SSSR count). The summed E-state index contributed by atoms with van der Waals surface area (Å²) < 4.78 is 5.09. The Morgan fingerprint density at radius 3 is 2.61 bits per heavy atom. The Labute approximate surface area is 116 Å². The van der Waals surface area contributed by atoms with Crippen LogP contribution in [0.1, 0.15) is 20.8 Å². The first-order valence-electron chi connectivity index (χ1n) is 5.51. The van der Waals surface area contributed by atoms with Crippen LogP contribution in [0.15, 0.2) is 29.0 Å². The van der Waals surface area contributed by atoms with Crippen LogP contribution >= 0.6 is 15.9 Å². The van der Waals surface area contributed by atoms with Crippen LogP contribution in [-0.4, -0.2) is 29.8 Å². The standard InChI is InChI=1S/C12H20BrN3O2/c1-12(2,3)18-11(17)16-10(8-14)9-15-7-5-4-6-13/h4-5,8-9H,6-7,14H2,1-3H3,(H,16,17)/b5-4+,10-8+,15-9?. The molecular formula is C12H20BrN3O2. The maximum absolute atomic E-state index is 11.5. The van der Waals surface area contributed by atoms with Gasteiger partial charge in [0.1, 0.15) is 5.60 Å². The molecule has 0 aliphatic heterocycles. The molecule has 0 aromatic rings. The summed E-state index contributed by atoms with van der Waals surface area (Å²) >= 11 is 3.26. The number of nitrogens with one attached hydrogen (secondary N) is 1. The Morgan fingerprint density at radius 2 is 2.11 bits per heavy atom. The van der Waals surface area contributed by atoms with Gasteiger partial charge in [0.25, 0.3) is 0 Å². The second kappa shape index (κ2) is 8.74. The van der Waals surface area contributed by atoms with Crippen molar-refractivity contribution >= 4 is 28.2 Å². The van der Waals surface area contributed by atoms with Crippen LogP contribution in [-0.2, 0) is 4.74 Å². The van der Waals surface area contributed by atoms with E-state index in [4.69, 9.17) is 10.5 Å². The Balaban J connectivity index is 4.20. The highest BCUT2D eigenvalue weighted by atomic mass is 79.9. The normalized spacial score (nSPS) is 13.2. The number of rotatable bonds is 5. The maximum Gasteiger partial charge on any atom is 0.412 e. The Kier molecular flexibility index (Phi) is 8.11. The summed E-state index contributed by atoms with van der Waals surface area (Å²) in [7, 11) is 0. The Morgan fingerprint density at radius 1 is 1.44 bits per heavy atom. The van der Waals surface area contributed by atoms with Crippen LogP contribution in [0.5, 0.6) is 0 Å². The van der Waals surface area contributed by atoms with Crippen LogP contribution in [0.3, 0.4) is 0 Å². The van der Waals surface area contributed by atoms with Gasteiger partial charge in [-0.3, -0.25) is 10.3 Å². The molecule has 0 saturated heterocycles. The van der Waals surface area contributed by atoms with Crippen molar-refractivity contribution in [3.8, 4) is 0 Å². The van der Waals surface area contributed by atoms with Gasteiger partial charge in [-0.05, 0) is 20.8 Å². The molecule has 0 aromatic carbocycles. The van der Waals surface area contributed by atoms with Crippen LogP contribution < -0.4 is 11.1 Å². The van der Waals surface area contributed by atoms with Crippen LogP contribution in [0, 0.1) is 0 Å². The molecule has 102 valence electrons. The van der Waals surface area contributed by atoms with Crippen molar-refractivity contribution < 1.29 is 9.53 Å². The number of nitrogens with zero attached hydrogens (tertiary/aromatic N) is 1. The fourth-order valence-corrected chi connectivity index (χ4v) is 1.15. The fraction of sp³-hybridized carbons (Fsp3) is 0.500. The minimum atomic E-state index is -0.554. The third-order valence-electron chi connectivity index (χ3n) is 1.52. The summed E-state index contributed by atoms with van der Waals surface area (Å²) in [5, 5.41) is 3.30. The molecule has 0 unspecified atom stereocenters. The maximum atomic E-state index is 11.5. The van der Waals surface area contributed by atoms with E-state index in [-0.39, 0.29) is 0 Å². The number of alkyl halides is 1. The number of carbonyl (C=O) groups is 1. The van der Waals surface area contributed by atoms with Crippen LogP contribution in [0.4, 0.5) is 4.79 Å². The molecular weight excluding hydrogens is 298 g/mol. The molecule has 0 saturated carbocycles. The quantitative estimate of drug-likeness (QED) is 0.464. The lowest BCUT2D eigenvalue weighted by atomic mass is 10.2. The number of nitrogens with two attached hydrogens (primary N) is 1. The van der Waals surface area contributed by atoms with E-state index in [2.05, 4.69) is 26.2 Å². The number of ether oxygens (including phenoxy) is 1. The second-order valence-electron chi connectivity index (χ2n) is 4.37. The number of allylic oxidation sites excluding steroid dienone is 2. The van der Waals surface area contributed by atoms with E-state index in [1.807, 2.05) is 12.2 Å². The lowest BCUT2D eigenvalue weighted by molar-refractivity contribution is 0.0549. The van der Waals surface area contributed by atoms with E-state index in [9.17, 15) is 4.79 Å². The summed E-state index contributed by atoms with van der Waals surface area (Å²) in [6.07, 6.45) is 6.03. The molecule has 0 radical (unpaired) electrons. The minimum absolute atomic E-state index is 0.400. The summed E-state index contributed by atoms with van der Waals surface area (Å²) in [6.45, 7) is 5.89. The van der Waals surface area contributed by atoms with Gasteiger partial charge in [0.15, 0.2) is 0 Å². The zero-order valence-electron chi connectivity index (χ0n) is 10.9. The van der Waals surface area contributed by atoms with Gasteiger partial charge in [0.05, 0.1) is 12.2 Å². The highest BCUT2D eigenvalue weighted by Crippen LogP contribution is 2.06. The molecule has 5 nitrogen and oxygen atoms in total. The summed E-state index contributed by atoms with van der Waals surface area (Å²) in [5.41, 5.74) is 5.23. The van der Waals surface area contributed by atoms with Crippen molar-refractivity contribution in [2.24, 2.45) is 10.7 Å². The lowest BCUT2D eigenvalue weighted by Gasteiger charge is -2.19.